The van der Waals surface area contributed by atoms with Crippen LogP contribution in [0.1, 0.15) is 41.8 Å². The highest BCUT2D eigenvalue weighted by Crippen LogP contribution is 2.15. The van der Waals surface area contributed by atoms with E-state index in [9.17, 15) is 4.79 Å². The van der Waals surface area contributed by atoms with E-state index in [4.69, 9.17) is 4.74 Å². The van der Waals surface area contributed by atoms with Crippen molar-refractivity contribution in [1.82, 2.24) is 20.0 Å². The van der Waals surface area contributed by atoms with Gasteiger partial charge in [0, 0.05) is 11.1 Å². The molecule has 0 aliphatic rings. The lowest BCUT2D eigenvalue weighted by Gasteiger charge is -2.18. The number of esters is 1. The van der Waals surface area contributed by atoms with Crippen LogP contribution in [0.25, 0.3) is 0 Å². The van der Waals surface area contributed by atoms with Crippen LogP contribution in [0.3, 0.4) is 0 Å². The van der Waals surface area contributed by atoms with Crippen LogP contribution in [-0.2, 0) is 11.3 Å². The number of hydrogen-bond acceptors (Lipinski definition) is 6. The maximum atomic E-state index is 11.9. The monoisotopic (exact) mass is 280 g/mol. The first kappa shape index (κ1) is 13.7. The molecular weight excluding hydrogens is 264 g/mol. The molecule has 7 heteroatoms. The predicted molar refractivity (Wildman–Crippen MR) is 71.1 cm³/mol. The molecule has 0 bridgehead atoms. The van der Waals surface area contributed by atoms with Crippen LogP contribution in [0.15, 0.2) is 11.7 Å². The number of hydrogen-bond donors (Lipinski definition) is 0. The third-order valence-corrected chi connectivity index (χ3v) is 3.13. The molecule has 0 fully saturated rings. The molecule has 2 heterocycles. The highest BCUT2D eigenvalue weighted by molar-refractivity contribution is 7.09. The normalized spacial score (nSPS) is 11.6. The Morgan fingerprint density at radius 3 is 2.79 bits per heavy atom. The molecule has 2 rings (SSSR count). The predicted octanol–water partition coefficient (Wildman–Crippen LogP) is 2.05. The van der Waals surface area contributed by atoms with Crippen LogP contribution in [0.4, 0.5) is 0 Å². The van der Waals surface area contributed by atoms with Crippen LogP contribution < -0.4 is 0 Å². The first-order chi connectivity index (χ1) is 8.87. The SMILES string of the molecule is Cc1c(C(=O)OC(C)(C)C)nnn1Cc1cncs1. The van der Waals surface area contributed by atoms with Crippen molar-refractivity contribution in [3.63, 3.8) is 0 Å². The molecule has 2 aromatic rings. The smallest absolute Gasteiger partial charge is 0.361 e. The number of thiazole rings is 1. The Labute approximate surface area is 115 Å². The van der Waals surface area contributed by atoms with Crippen molar-refractivity contribution >= 4 is 17.3 Å². The van der Waals surface area contributed by atoms with E-state index in [2.05, 4.69) is 15.3 Å². The average Bonchev–Trinajstić information content (AvgIpc) is 2.88. The van der Waals surface area contributed by atoms with Gasteiger partial charge < -0.3 is 4.74 Å². The second kappa shape index (κ2) is 5.08. The standard InChI is InChI=1S/C12H16N4O2S/c1-8-10(11(17)18-12(2,3)4)14-15-16(8)6-9-5-13-7-19-9/h5,7H,6H2,1-4H3. The van der Waals surface area contributed by atoms with Gasteiger partial charge in [0.2, 0.25) is 0 Å². The van der Waals surface area contributed by atoms with E-state index in [0.717, 1.165) is 4.88 Å². The zero-order chi connectivity index (χ0) is 14.0. The number of carbonyl (C=O) groups is 1. The lowest BCUT2D eigenvalue weighted by molar-refractivity contribution is 0.00619. The summed E-state index contributed by atoms with van der Waals surface area (Å²) < 4.78 is 6.96. The molecule has 0 aromatic carbocycles. The second-order valence-corrected chi connectivity index (χ2v) is 6.12. The Kier molecular flexibility index (Phi) is 3.66. The zero-order valence-electron chi connectivity index (χ0n) is 11.4. The number of nitrogens with zero attached hydrogens (tertiary/aromatic N) is 4. The largest absolute Gasteiger partial charge is 0.455 e. The van der Waals surface area contributed by atoms with Crippen LogP contribution >= 0.6 is 11.3 Å². The van der Waals surface area contributed by atoms with Crippen molar-refractivity contribution in [3.05, 3.63) is 28.0 Å². The molecular formula is C12H16N4O2S. The molecule has 6 nitrogen and oxygen atoms in total. The van der Waals surface area contributed by atoms with Crippen LogP contribution in [0, 0.1) is 6.92 Å². The van der Waals surface area contributed by atoms with Gasteiger partial charge in [-0.1, -0.05) is 5.21 Å². The summed E-state index contributed by atoms with van der Waals surface area (Å²) >= 11 is 1.54. The molecule has 0 N–H and O–H groups in total. The average molecular weight is 280 g/mol. The summed E-state index contributed by atoms with van der Waals surface area (Å²) in [6.45, 7) is 7.83. The Balaban J connectivity index is 2.16. The number of carbonyl (C=O) groups excluding carboxylic acids is 1. The van der Waals surface area contributed by atoms with Gasteiger partial charge in [-0.05, 0) is 27.7 Å². The van der Waals surface area contributed by atoms with Crippen molar-refractivity contribution in [2.75, 3.05) is 0 Å². The minimum Gasteiger partial charge on any atom is -0.455 e. The van der Waals surface area contributed by atoms with Gasteiger partial charge >= 0.3 is 5.97 Å². The van der Waals surface area contributed by atoms with Gasteiger partial charge in [0.05, 0.1) is 17.7 Å². The summed E-state index contributed by atoms with van der Waals surface area (Å²) in [5.41, 5.74) is 2.18. The summed E-state index contributed by atoms with van der Waals surface area (Å²) in [4.78, 5) is 17.0. The van der Waals surface area contributed by atoms with Gasteiger partial charge in [0.15, 0.2) is 5.69 Å². The van der Waals surface area contributed by atoms with Gasteiger partial charge in [0.1, 0.15) is 5.60 Å². The summed E-state index contributed by atoms with van der Waals surface area (Å²) in [6, 6.07) is 0. The van der Waals surface area contributed by atoms with Gasteiger partial charge in [-0.2, -0.15) is 0 Å². The van der Waals surface area contributed by atoms with Gasteiger partial charge in [-0.3, -0.25) is 4.98 Å². The molecule has 0 unspecified atom stereocenters. The van der Waals surface area contributed by atoms with E-state index in [1.807, 2.05) is 20.8 Å². The van der Waals surface area contributed by atoms with E-state index in [1.165, 1.54) is 11.3 Å². The highest BCUT2D eigenvalue weighted by atomic mass is 32.1. The maximum absolute atomic E-state index is 11.9. The Morgan fingerprint density at radius 1 is 1.47 bits per heavy atom. The number of aromatic nitrogens is 4. The first-order valence-corrected chi connectivity index (χ1v) is 6.75. The minimum atomic E-state index is -0.537. The second-order valence-electron chi connectivity index (χ2n) is 5.15. The van der Waals surface area contributed by atoms with Crippen LogP contribution in [0.2, 0.25) is 0 Å². The van der Waals surface area contributed by atoms with Crippen LogP contribution in [-0.4, -0.2) is 31.5 Å². The molecule has 0 saturated carbocycles. The van der Waals surface area contributed by atoms with E-state index in [-0.39, 0.29) is 5.69 Å². The highest BCUT2D eigenvalue weighted by Gasteiger charge is 2.23. The summed E-state index contributed by atoms with van der Waals surface area (Å²) in [5, 5.41) is 7.89. The molecule has 0 spiro atoms. The van der Waals surface area contributed by atoms with Crippen LogP contribution in [0.5, 0.6) is 0 Å². The topological polar surface area (TPSA) is 69.9 Å². The minimum absolute atomic E-state index is 0.263. The van der Waals surface area contributed by atoms with Gasteiger partial charge in [-0.15, -0.1) is 16.4 Å². The zero-order valence-corrected chi connectivity index (χ0v) is 12.2. The lowest BCUT2D eigenvalue weighted by atomic mass is 10.2. The molecule has 19 heavy (non-hydrogen) atoms. The lowest BCUT2D eigenvalue weighted by Crippen LogP contribution is -2.24. The van der Waals surface area contributed by atoms with E-state index >= 15 is 0 Å². The van der Waals surface area contributed by atoms with E-state index in [0.29, 0.717) is 12.2 Å². The van der Waals surface area contributed by atoms with Gasteiger partial charge in [0.25, 0.3) is 0 Å². The summed E-state index contributed by atoms with van der Waals surface area (Å²) in [7, 11) is 0. The first-order valence-electron chi connectivity index (χ1n) is 5.87. The van der Waals surface area contributed by atoms with Crippen molar-refractivity contribution < 1.29 is 9.53 Å². The summed E-state index contributed by atoms with van der Waals surface area (Å²) in [6.07, 6.45) is 1.78. The molecule has 0 aliphatic heterocycles. The number of ether oxygens (including phenoxy) is 1. The molecule has 0 aliphatic carbocycles. The van der Waals surface area contributed by atoms with Crippen molar-refractivity contribution in [2.24, 2.45) is 0 Å². The van der Waals surface area contributed by atoms with Crippen molar-refractivity contribution in [1.29, 1.82) is 0 Å². The molecule has 102 valence electrons. The maximum Gasteiger partial charge on any atom is 0.361 e. The molecule has 0 radical (unpaired) electrons. The number of rotatable bonds is 3. The van der Waals surface area contributed by atoms with Crippen molar-refractivity contribution in [3.8, 4) is 0 Å². The fourth-order valence-electron chi connectivity index (χ4n) is 1.49. The molecule has 2 aromatic heterocycles. The molecule has 0 atom stereocenters. The Hall–Kier alpha value is -1.76. The quantitative estimate of drug-likeness (QED) is 0.805. The third kappa shape index (κ3) is 3.37. The molecule has 0 amide bonds. The van der Waals surface area contributed by atoms with E-state index in [1.54, 1.807) is 23.3 Å². The Bertz CT molecular complexity index is 569. The fourth-order valence-corrected chi connectivity index (χ4v) is 2.07. The Morgan fingerprint density at radius 2 is 2.21 bits per heavy atom. The van der Waals surface area contributed by atoms with E-state index < -0.39 is 11.6 Å². The van der Waals surface area contributed by atoms with Gasteiger partial charge in [-0.25, -0.2) is 9.48 Å². The summed E-state index contributed by atoms with van der Waals surface area (Å²) in [5.74, 6) is -0.444. The fraction of sp³-hybridized carbons (Fsp3) is 0.500. The molecule has 0 saturated heterocycles. The third-order valence-electron chi connectivity index (χ3n) is 2.36. The van der Waals surface area contributed by atoms with Crippen molar-refractivity contribution in [2.45, 2.75) is 39.8 Å².